The molecule has 2 nitrogen and oxygen atoms in total. The zero-order valence-electron chi connectivity index (χ0n) is 9.25. The molecule has 0 radical (unpaired) electrons. The van der Waals surface area contributed by atoms with Gasteiger partial charge in [0, 0.05) is 18.2 Å². The molecule has 1 N–H and O–H groups in total. The molecular formula is C12H16F2O2. The standard InChI is InChI=1S/C12H16F2O2/c1-9(15)4-2-3-5-16-12-7-10(13)6-11(14)8-12/h6-9,15H,2-5H2,1H3/t9-/m0/s1. The first-order valence-electron chi connectivity index (χ1n) is 5.35. The van der Waals surface area contributed by atoms with Crippen molar-refractivity contribution in [2.24, 2.45) is 0 Å². The molecule has 1 atom stereocenters. The van der Waals surface area contributed by atoms with Crippen molar-refractivity contribution in [2.45, 2.75) is 32.3 Å². The lowest BCUT2D eigenvalue weighted by atomic mass is 10.2. The van der Waals surface area contributed by atoms with Crippen LogP contribution < -0.4 is 4.74 Å². The molecule has 1 rings (SSSR count). The molecule has 1 aromatic carbocycles. The third-order valence-corrected chi connectivity index (χ3v) is 2.12. The number of hydrogen-bond acceptors (Lipinski definition) is 2. The monoisotopic (exact) mass is 230 g/mol. The smallest absolute Gasteiger partial charge is 0.129 e. The zero-order valence-corrected chi connectivity index (χ0v) is 9.25. The van der Waals surface area contributed by atoms with Crippen molar-refractivity contribution in [2.75, 3.05) is 6.61 Å². The molecule has 90 valence electrons. The number of hydrogen-bond donors (Lipinski definition) is 1. The van der Waals surface area contributed by atoms with Crippen LogP contribution in [0.25, 0.3) is 0 Å². The van der Waals surface area contributed by atoms with Crippen molar-refractivity contribution in [3.05, 3.63) is 29.8 Å². The molecule has 16 heavy (non-hydrogen) atoms. The highest BCUT2D eigenvalue weighted by atomic mass is 19.1. The molecule has 0 saturated heterocycles. The number of unbranched alkanes of at least 4 members (excludes halogenated alkanes) is 1. The first kappa shape index (κ1) is 12.9. The van der Waals surface area contributed by atoms with Crippen molar-refractivity contribution in [1.82, 2.24) is 0 Å². The molecular weight excluding hydrogens is 214 g/mol. The predicted octanol–water partition coefficient (Wildman–Crippen LogP) is 2.89. The zero-order chi connectivity index (χ0) is 12.0. The normalized spacial score (nSPS) is 12.5. The first-order chi connectivity index (χ1) is 7.58. The summed E-state index contributed by atoms with van der Waals surface area (Å²) in [6.45, 7) is 2.12. The van der Waals surface area contributed by atoms with E-state index in [-0.39, 0.29) is 11.9 Å². The van der Waals surface area contributed by atoms with Crippen LogP contribution in [0.1, 0.15) is 26.2 Å². The fourth-order valence-corrected chi connectivity index (χ4v) is 1.34. The van der Waals surface area contributed by atoms with E-state index in [1.165, 1.54) is 0 Å². The average molecular weight is 230 g/mol. The fourth-order valence-electron chi connectivity index (χ4n) is 1.34. The molecule has 0 aliphatic carbocycles. The summed E-state index contributed by atoms with van der Waals surface area (Å²) >= 11 is 0. The molecule has 0 unspecified atom stereocenters. The summed E-state index contributed by atoms with van der Waals surface area (Å²) in [5.41, 5.74) is 0. The van der Waals surface area contributed by atoms with Crippen LogP contribution in [-0.4, -0.2) is 17.8 Å². The van der Waals surface area contributed by atoms with Crippen LogP contribution in [0.4, 0.5) is 8.78 Å². The summed E-state index contributed by atoms with van der Waals surface area (Å²) in [5, 5.41) is 9.00. The summed E-state index contributed by atoms with van der Waals surface area (Å²) in [6.07, 6.45) is 1.98. The van der Waals surface area contributed by atoms with Crippen LogP contribution in [0.15, 0.2) is 18.2 Å². The Hall–Kier alpha value is -1.16. The van der Waals surface area contributed by atoms with Gasteiger partial charge >= 0.3 is 0 Å². The van der Waals surface area contributed by atoms with Crippen LogP contribution in [0, 0.1) is 11.6 Å². The van der Waals surface area contributed by atoms with Crippen molar-refractivity contribution in [1.29, 1.82) is 0 Å². The second-order valence-electron chi connectivity index (χ2n) is 3.80. The van der Waals surface area contributed by atoms with E-state index in [9.17, 15) is 8.78 Å². The Balaban J connectivity index is 2.26. The number of aliphatic hydroxyl groups is 1. The number of halogens is 2. The maximum atomic E-state index is 12.8. The van der Waals surface area contributed by atoms with E-state index >= 15 is 0 Å². The summed E-state index contributed by atoms with van der Waals surface area (Å²) in [5.74, 6) is -1.08. The van der Waals surface area contributed by atoms with Crippen molar-refractivity contribution in [3.8, 4) is 5.75 Å². The van der Waals surface area contributed by atoms with E-state index in [0.29, 0.717) is 13.0 Å². The number of benzene rings is 1. The van der Waals surface area contributed by atoms with Gasteiger partial charge in [-0.3, -0.25) is 0 Å². The van der Waals surface area contributed by atoms with E-state index in [0.717, 1.165) is 31.0 Å². The number of rotatable bonds is 6. The quantitative estimate of drug-likeness (QED) is 0.761. The molecule has 0 bridgehead atoms. The summed E-state index contributed by atoms with van der Waals surface area (Å²) in [4.78, 5) is 0. The van der Waals surface area contributed by atoms with Crippen LogP contribution >= 0.6 is 0 Å². The van der Waals surface area contributed by atoms with Crippen molar-refractivity contribution >= 4 is 0 Å². The van der Waals surface area contributed by atoms with E-state index in [1.807, 2.05) is 0 Å². The highest BCUT2D eigenvalue weighted by Crippen LogP contribution is 2.15. The van der Waals surface area contributed by atoms with Gasteiger partial charge in [-0.1, -0.05) is 0 Å². The highest BCUT2D eigenvalue weighted by Gasteiger charge is 2.01. The second-order valence-corrected chi connectivity index (χ2v) is 3.80. The SMILES string of the molecule is C[C@H](O)CCCCOc1cc(F)cc(F)c1. The van der Waals surface area contributed by atoms with E-state index in [4.69, 9.17) is 9.84 Å². The molecule has 1 aromatic rings. The minimum Gasteiger partial charge on any atom is -0.493 e. The summed E-state index contributed by atoms with van der Waals surface area (Å²) < 4.78 is 30.7. The van der Waals surface area contributed by atoms with Gasteiger partial charge in [0.2, 0.25) is 0 Å². The van der Waals surface area contributed by atoms with Crippen molar-refractivity contribution in [3.63, 3.8) is 0 Å². The maximum absolute atomic E-state index is 12.8. The Kier molecular flexibility index (Phi) is 5.19. The Morgan fingerprint density at radius 3 is 2.38 bits per heavy atom. The highest BCUT2D eigenvalue weighted by molar-refractivity contribution is 5.23. The molecule has 0 saturated carbocycles. The van der Waals surface area contributed by atoms with Crippen molar-refractivity contribution < 1.29 is 18.6 Å². The second kappa shape index (κ2) is 6.43. The number of ether oxygens (including phenoxy) is 1. The molecule has 0 fully saturated rings. The lowest BCUT2D eigenvalue weighted by Gasteiger charge is -2.07. The van der Waals surface area contributed by atoms with E-state index in [2.05, 4.69) is 0 Å². The molecule has 0 heterocycles. The Labute approximate surface area is 93.9 Å². The lowest BCUT2D eigenvalue weighted by Crippen LogP contribution is -2.02. The number of aliphatic hydroxyl groups excluding tert-OH is 1. The largest absolute Gasteiger partial charge is 0.493 e. The minimum absolute atomic E-state index is 0.203. The van der Waals surface area contributed by atoms with Crippen LogP contribution in [0.3, 0.4) is 0 Å². The van der Waals surface area contributed by atoms with Gasteiger partial charge in [0.15, 0.2) is 0 Å². The van der Waals surface area contributed by atoms with Crippen LogP contribution in [0.2, 0.25) is 0 Å². The summed E-state index contributed by atoms with van der Waals surface area (Å²) in [7, 11) is 0. The van der Waals surface area contributed by atoms with Gasteiger partial charge in [0.1, 0.15) is 17.4 Å². The third kappa shape index (κ3) is 5.07. The van der Waals surface area contributed by atoms with Gasteiger partial charge < -0.3 is 9.84 Å². The average Bonchev–Trinajstić information content (AvgIpc) is 2.15. The van der Waals surface area contributed by atoms with Gasteiger partial charge in [-0.25, -0.2) is 8.78 Å². The molecule has 0 spiro atoms. The predicted molar refractivity (Wildman–Crippen MR) is 57.4 cm³/mol. The fraction of sp³-hybridized carbons (Fsp3) is 0.500. The third-order valence-electron chi connectivity index (χ3n) is 2.12. The molecule has 4 heteroatoms. The first-order valence-corrected chi connectivity index (χ1v) is 5.35. The maximum Gasteiger partial charge on any atom is 0.129 e. The Morgan fingerprint density at radius 2 is 1.81 bits per heavy atom. The van der Waals surface area contributed by atoms with Gasteiger partial charge in [0.25, 0.3) is 0 Å². The minimum atomic E-state index is -0.640. The Bertz CT molecular complexity index is 307. The van der Waals surface area contributed by atoms with Gasteiger partial charge in [-0.15, -0.1) is 0 Å². The van der Waals surface area contributed by atoms with Crippen LogP contribution in [0.5, 0.6) is 5.75 Å². The molecule has 0 aliphatic rings. The lowest BCUT2D eigenvalue weighted by molar-refractivity contribution is 0.177. The van der Waals surface area contributed by atoms with Gasteiger partial charge in [-0.2, -0.15) is 0 Å². The van der Waals surface area contributed by atoms with Crippen LogP contribution in [-0.2, 0) is 0 Å². The van der Waals surface area contributed by atoms with Gasteiger partial charge in [0.05, 0.1) is 12.7 Å². The summed E-state index contributed by atoms with van der Waals surface area (Å²) in [6, 6.07) is 3.11. The van der Waals surface area contributed by atoms with Gasteiger partial charge in [-0.05, 0) is 26.2 Å². The van der Waals surface area contributed by atoms with E-state index in [1.54, 1.807) is 6.92 Å². The van der Waals surface area contributed by atoms with E-state index < -0.39 is 11.6 Å². The topological polar surface area (TPSA) is 29.5 Å². The molecule has 0 aromatic heterocycles. The Morgan fingerprint density at radius 1 is 1.19 bits per heavy atom. The molecule has 0 amide bonds. The molecule has 0 aliphatic heterocycles.